The summed E-state index contributed by atoms with van der Waals surface area (Å²) in [5.41, 5.74) is 3.93. The van der Waals surface area contributed by atoms with Crippen LogP contribution in [0.1, 0.15) is 67.0 Å². The predicted octanol–water partition coefficient (Wildman–Crippen LogP) is 4.91. The Morgan fingerprint density at radius 3 is 2.71 bits per heavy atom. The van der Waals surface area contributed by atoms with Crippen LogP contribution in [0.25, 0.3) is 10.2 Å². The average molecular weight is 396 g/mol. The number of nitrogens with zero attached hydrogens (tertiary/aromatic N) is 1. The largest absolute Gasteiger partial charge is 0.309 e. The molecule has 0 saturated carbocycles. The zero-order valence-electron chi connectivity index (χ0n) is 17.0. The first-order chi connectivity index (χ1) is 13.6. The van der Waals surface area contributed by atoms with Gasteiger partial charge in [0.2, 0.25) is 0 Å². The topological polar surface area (TPSA) is 57.8 Å². The van der Waals surface area contributed by atoms with Gasteiger partial charge in [-0.15, -0.1) is 11.3 Å². The van der Waals surface area contributed by atoms with E-state index in [1.165, 1.54) is 28.0 Å². The lowest BCUT2D eigenvalue weighted by molar-refractivity contribution is 0.406. The molecule has 1 atom stereocenters. The van der Waals surface area contributed by atoms with Crippen molar-refractivity contribution in [3.05, 3.63) is 62.0 Å². The van der Waals surface area contributed by atoms with Crippen LogP contribution in [0.5, 0.6) is 0 Å². The molecule has 1 aliphatic carbocycles. The molecule has 0 fully saturated rings. The van der Waals surface area contributed by atoms with E-state index in [-0.39, 0.29) is 11.6 Å². The van der Waals surface area contributed by atoms with Gasteiger partial charge in [-0.3, -0.25) is 4.79 Å². The van der Waals surface area contributed by atoms with E-state index < -0.39 is 0 Å². The van der Waals surface area contributed by atoms with Crippen molar-refractivity contribution in [1.82, 2.24) is 15.3 Å². The van der Waals surface area contributed by atoms with E-state index in [0.29, 0.717) is 12.5 Å². The van der Waals surface area contributed by atoms with Crippen LogP contribution < -0.4 is 10.9 Å². The summed E-state index contributed by atoms with van der Waals surface area (Å²) in [5, 5.41) is 4.44. The van der Waals surface area contributed by atoms with Crippen LogP contribution in [0, 0.1) is 5.92 Å². The first-order valence-electron chi connectivity index (χ1n) is 10.4. The number of aryl methyl sites for hydroxylation is 3. The average Bonchev–Trinajstić information content (AvgIpc) is 3.24. The second-order valence-corrected chi connectivity index (χ2v) is 9.23. The monoisotopic (exact) mass is 395 g/mol. The molecule has 1 aliphatic rings. The predicted molar refractivity (Wildman–Crippen MR) is 117 cm³/mol. The number of fused-ring (bicyclic) bond motifs is 3. The Labute approximate surface area is 170 Å². The molecule has 28 heavy (non-hydrogen) atoms. The molecular formula is C23H29N3OS. The Morgan fingerprint density at radius 2 is 2.00 bits per heavy atom. The molecular weight excluding hydrogens is 366 g/mol. The summed E-state index contributed by atoms with van der Waals surface area (Å²) in [6.45, 7) is 7.22. The number of hydrogen-bond donors (Lipinski definition) is 2. The van der Waals surface area contributed by atoms with Gasteiger partial charge in [0.15, 0.2) is 0 Å². The van der Waals surface area contributed by atoms with Gasteiger partial charge >= 0.3 is 0 Å². The zero-order valence-corrected chi connectivity index (χ0v) is 17.8. The van der Waals surface area contributed by atoms with Crippen LogP contribution in [0.15, 0.2) is 29.1 Å². The van der Waals surface area contributed by atoms with E-state index in [1.807, 2.05) is 0 Å². The van der Waals surface area contributed by atoms with Crippen molar-refractivity contribution in [2.75, 3.05) is 0 Å². The van der Waals surface area contributed by atoms with Crippen LogP contribution in [0.3, 0.4) is 0 Å². The van der Waals surface area contributed by atoms with Gasteiger partial charge in [-0.25, -0.2) is 4.98 Å². The molecule has 0 spiro atoms. The minimum absolute atomic E-state index is 0.0196. The molecule has 148 valence electrons. The Kier molecular flexibility index (Phi) is 5.65. The maximum absolute atomic E-state index is 12.7. The van der Waals surface area contributed by atoms with Crippen molar-refractivity contribution in [1.29, 1.82) is 0 Å². The highest BCUT2D eigenvalue weighted by Gasteiger charge is 2.21. The highest BCUT2D eigenvalue weighted by atomic mass is 32.1. The summed E-state index contributed by atoms with van der Waals surface area (Å²) in [7, 11) is 0. The highest BCUT2D eigenvalue weighted by molar-refractivity contribution is 7.18. The second kappa shape index (κ2) is 8.18. The van der Waals surface area contributed by atoms with E-state index in [9.17, 15) is 4.79 Å². The number of benzene rings is 1. The molecule has 0 bridgehead atoms. The molecule has 0 aliphatic heterocycles. The fraction of sp³-hybridized carbons (Fsp3) is 0.478. The molecule has 2 heterocycles. The maximum Gasteiger partial charge on any atom is 0.259 e. The van der Waals surface area contributed by atoms with Crippen molar-refractivity contribution in [2.24, 2.45) is 5.92 Å². The lowest BCUT2D eigenvalue weighted by Crippen LogP contribution is -2.27. The van der Waals surface area contributed by atoms with Crippen molar-refractivity contribution < 1.29 is 0 Å². The number of H-pyrrole nitrogens is 1. The molecule has 3 aromatic rings. The first kappa shape index (κ1) is 19.3. The van der Waals surface area contributed by atoms with Gasteiger partial charge in [-0.2, -0.15) is 0 Å². The molecule has 0 saturated heterocycles. The summed E-state index contributed by atoms with van der Waals surface area (Å²) < 4.78 is 0. The lowest BCUT2D eigenvalue weighted by atomic mass is 9.94. The van der Waals surface area contributed by atoms with E-state index in [2.05, 4.69) is 55.3 Å². The molecule has 2 aromatic heterocycles. The normalized spacial score (nSPS) is 14.7. The van der Waals surface area contributed by atoms with E-state index in [0.717, 1.165) is 41.7 Å². The first-order valence-corrected chi connectivity index (χ1v) is 11.2. The van der Waals surface area contributed by atoms with Crippen molar-refractivity contribution in [3.63, 3.8) is 0 Å². The Hall–Kier alpha value is -1.98. The third kappa shape index (κ3) is 3.78. The molecule has 0 amide bonds. The molecule has 2 N–H and O–H groups in total. The Bertz CT molecular complexity index is 1020. The molecule has 4 rings (SSSR count). The van der Waals surface area contributed by atoms with Crippen LogP contribution in [-0.4, -0.2) is 9.97 Å². The summed E-state index contributed by atoms with van der Waals surface area (Å²) in [5.74, 6) is 1.17. The van der Waals surface area contributed by atoms with Crippen LogP contribution >= 0.6 is 11.3 Å². The van der Waals surface area contributed by atoms with Gasteiger partial charge in [0.25, 0.3) is 5.56 Å². The van der Waals surface area contributed by atoms with Gasteiger partial charge in [-0.05, 0) is 48.3 Å². The quantitative estimate of drug-likeness (QED) is 0.597. The van der Waals surface area contributed by atoms with Crippen LogP contribution in [0.2, 0.25) is 0 Å². The van der Waals surface area contributed by atoms with Gasteiger partial charge in [0, 0.05) is 10.9 Å². The second-order valence-electron chi connectivity index (χ2n) is 8.14. The van der Waals surface area contributed by atoms with Gasteiger partial charge in [0.1, 0.15) is 10.7 Å². The number of thiophene rings is 1. The highest BCUT2D eigenvalue weighted by Crippen LogP contribution is 2.34. The standard InChI is InChI=1S/C23H29N3OS/c1-4-6-15-9-11-16(12-10-15)21(14(2)3)24-13-19-25-22(27)20-17-7-5-8-18(17)28-23(20)26-19/h9-12,14,21,24H,4-8,13H2,1-3H3,(H,25,26,27). The summed E-state index contributed by atoms with van der Waals surface area (Å²) in [6.07, 6.45) is 5.55. The van der Waals surface area contributed by atoms with Crippen molar-refractivity contribution >= 4 is 21.6 Å². The minimum Gasteiger partial charge on any atom is -0.309 e. The van der Waals surface area contributed by atoms with Crippen molar-refractivity contribution in [2.45, 2.75) is 65.5 Å². The SMILES string of the molecule is CCCc1ccc(C(NCc2nc3sc4c(c3c(=O)[nH]2)CCC4)C(C)C)cc1. The summed E-state index contributed by atoms with van der Waals surface area (Å²) >= 11 is 1.70. The number of hydrogen-bond acceptors (Lipinski definition) is 4. The Balaban J connectivity index is 1.53. The molecule has 1 unspecified atom stereocenters. The fourth-order valence-corrected chi connectivity index (χ4v) is 5.54. The number of rotatable bonds is 7. The smallest absolute Gasteiger partial charge is 0.259 e. The van der Waals surface area contributed by atoms with E-state index in [1.54, 1.807) is 11.3 Å². The third-order valence-electron chi connectivity index (χ3n) is 5.66. The van der Waals surface area contributed by atoms with Crippen LogP contribution in [0.4, 0.5) is 0 Å². The zero-order chi connectivity index (χ0) is 19.7. The minimum atomic E-state index is 0.0196. The number of nitrogens with one attached hydrogen (secondary N) is 2. The fourth-order valence-electron chi connectivity index (χ4n) is 4.26. The van der Waals surface area contributed by atoms with Crippen LogP contribution in [-0.2, 0) is 25.8 Å². The van der Waals surface area contributed by atoms with E-state index >= 15 is 0 Å². The lowest BCUT2D eigenvalue weighted by Gasteiger charge is -2.23. The number of aromatic amines is 1. The molecule has 1 aromatic carbocycles. The number of aromatic nitrogens is 2. The Morgan fingerprint density at radius 1 is 1.21 bits per heavy atom. The molecule has 0 radical (unpaired) electrons. The van der Waals surface area contributed by atoms with Gasteiger partial charge in [-0.1, -0.05) is 51.5 Å². The van der Waals surface area contributed by atoms with Crippen molar-refractivity contribution in [3.8, 4) is 0 Å². The summed E-state index contributed by atoms with van der Waals surface area (Å²) in [6, 6.07) is 9.15. The van der Waals surface area contributed by atoms with Gasteiger partial charge in [0.05, 0.1) is 11.9 Å². The third-order valence-corrected chi connectivity index (χ3v) is 6.84. The van der Waals surface area contributed by atoms with E-state index in [4.69, 9.17) is 4.98 Å². The van der Waals surface area contributed by atoms with Gasteiger partial charge < -0.3 is 10.3 Å². The molecule has 4 nitrogen and oxygen atoms in total. The summed E-state index contributed by atoms with van der Waals surface area (Å²) in [4.78, 5) is 22.7. The maximum atomic E-state index is 12.7. The molecule has 5 heteroatoms.